The molecule has 5 heterocycles. The van der Waals surface area contributed by atoms with Crippen molar-refractivity contribution in [2.24, 2.45) is 0 Å². The van der Waals surface area contributed by atoms with Crippen LogP contribution in [0.5, 0.6) is 0 Å². The first-order valence-corrected chi connectivity index (χ1v) is 15.0. The lowest BCUT2D eigenvalue weighted by atomic mass is 10.0. The third-order valence-electron chi connectivity index (χ3n) is 7.57. The molecule has 1 saturated heterocycles. The average Bonchev–Trinajstić information content (AvgIpc) is 3.64. The molecule has 1 fully saturated rings. The van der Waals surface area contributed by atoms with Crippen LogP contribution in [0.4, 0.5) is 19.0 Å². The summed E-state index contributed by atoms with van der Waals surface area (Å²) < 4.78 is 39.8. The number of alkyl halides is 3. The van der Waals surface area contributed by atoms with Gasteiger partial charge in [-0.3, -0.25) is 14.5 Å². The Labute approximate surface area is 250 Å². The van der Waals surface area contributed by atoms with E-state index in [1.165, 1.54) is 0 Å². The molecule has 0 radical (unpaired) electrons. The van der Waals surface area contributed by atoms with Crippen LogP contribution < -0.4 is 15.5 Å². The lowest BCUT2D eigenvalue weighted by molar-refractivity contribution is -0.139. The number of fused-ring (bicyclic) bond motifs is 1. The van der Waals surface area contributed by atoms with E-state index < -0.39 is 24.7 Å². The van der Waals surface area contributed by atoms with E-state index in [-0.39, 0.29) is 11.9 Å². The predicted molar refractivity (Wildman–Crippen MR) is 159 cm³/mol. The second kappa shape index (κ2) is 12.7. The summed E-state index contributed by atoms with van der Waals surface area (Å²) in [4.78, 5) is 40.4. The van der Waals surface area contributed by atoms with Crippen molar-refractivity contribution in [2.75, 3.05) is 37.6 Å². The van der Waals surface area contributed by atoms with Crippen LogP contribution in [0.2, 0.25) is 0 Å². The first-order valence-electron chi connectivity index (χ1n) is 14.1. The van der Waals surface area contributed by atoms with Gasteiger partial charge in [0.25, 0.3) is 5.91 Å². The molecule has 14 heteroatoms. The largest absolute Gasteiger partial charge is 0.405 e. The lowest BCUT2D eigenvalue weighted by Gasteiger charge is -2.41. The van der Waals surface area contributed by atoms with Gasteiger partial charge in [-0.1, -0.05) is 19.9 Å². The Hall–Kier alpha value is -4.04. The number of nitrogens with zero attached hydrogens (tertiary/aromatic N) is 6. The van der Waals surface area contributed by atoms with E-state index in [0.29, 0.717) is 47.8 Å². The third-order valence-corrected chi connectivity index (χ3v) is 8.46. The van der Waals surface area contributed by atoms with E-state index in [4.69, 9.17) is 9.97 Å². The topological polar surface area (TPSA) is 108 Å². The number of amides is 2. The van der Waals surface area contributed by atoms with E-state index >= 15 is 0 Å². The molecule has 2 atom stereocenters. The number of hydrogen-bond donors (Lipinski definition) is 2. The minimum atomic E-state index is -4.52. The van der Waals surface area contributed by atoms with E-state index in [9.17, 15) is 22.8 Å². The van der Waals surface area contributed by atoms with Gasteiger partial charge in [-0.15, -0.1) is 11.3 Å². The number of carbonyl (C=O) groups is 2. The number of hydrogen-bond acceptors (Lipinski definition) is 8. The number of carbonyl (C=O) groups excluding carboxylic acids is 2. The Morgan fingerprint density at radius 3 is 2.58 bits per heavy atom. The predicted octanol–water partition coefficient (Wildman–Crippen LogP) is 4.24. The molecule has 2 N–H and O–H groups in total. The molecule has 0 aromatic carbocycles. The van der Waals surface area contributed by atoms with Crippen LogP contribution in [-0.2, 0) is 4.79 Å². The van der Waals surface area contributed by atoms with Crippen LogP contribution in [0, 0.1) is 0 Å². The first kappa shape index (κ1) is 30.4. The summed E-state index contributed by atoms with van der Waals surface area (Å²) in [6.07, 6.45) is -0.751. The molecule has 2 amide bonds. The molecule has 5 rings (SSSR count). The zero-order valence-electron chi connectivity index (χ0n) is 24.1. The van der Waals surface area contributed by atoms with E-state index in [2.05, 4.69) is 29.2 Å². The highest BCUT2D eigenvalue weighted by atomic mass is 32.1. The lowest BCUT2D eigenvalue weighted by Crippen LogP contribution is -2.57. The Kier molecular flexibility index (Phi) is 8.97. The molecular formula is C29H33F3N8O2S. The summed E-state index contributed by atoms with van der Waals surface area (Å²) in [5, 5.41) is 11.3. The summed E-state index contributed by atoms with van der Waals surface area (Å²) in [6, 6.07) is 8.26. The van der Waals surface area contributed by atoms with Gasteiger partial charge >= 0.3 is 6.18 Å². The van der Waals surface area contributed by atoms with E-state index in [0.717, 1.165) is 23.7 Å². The molecule has 1 unspecified atom stereocenters. The molecular weight excluding hydrogens is 581 g/mol. The summed E-state index contributed by atoms with van der Waals surface area (Å²) in [6.45, 7) is 7.26. The van der Waals surface area contributed by atoms with Crippen molar-refractivity contribution in [2.45, 2.75) is 45.5 Å². The van der Waals surface area contributed by atoms with E-state index in [1.54, 1.807) is 45.3 Å². The molecule has 228 valence electrons. The molecule has 0 spiro atoms. The van der Waals surface area contributed by atoms with Gasteiger partial charge in [0.05, 0.1) is 28.0 Å². The van der Waals surface area contributed by atoms with Gasteiger partial charge in [0, 0.05) is 30.9 Å². The maximum Gasteiger partial charge on any atom is 0.405 e. The van der Waals surface area contributed by atoms with Crippen molar-refractivity contribution < 1.29 is 22.8 Å². The van der Waals surface area contributed by atoms with Crippen LogP contribution in [0.15, 0.2) is 48.1 Å². The first-order chi connectivity index (χ1) is 20.6. The fraction of sp³-hybridized carbons (Fsp3) is 0.414. The standard InChI is InChI=1S/C29H33F3N8O2S/c1-4-38(5-2)18(3)15-33-27(41)19-13-22(20-16-35-40-11-8-21(37-26(20)40)24-7-6-12-43-24)36-25(14-19)39-10-9-23(39)28(42)34-17-29(30,31)32/h6-8,11-14,16,18,23H,4-5,9-10,15,17H2,1-3H3,(H,33,41)(H,34,42)/t18?,23-/m0/s1. The summed E-state index contributed by atoms with van der Waals surface area (Å²) in [7, 11) is 0. The average molecular weight is 615 g/mol. The monoisotopic (exact) mass is 614 g/mol. The summed E-state index contributed by atoms with van der Waals surface area (Å²) >= 11 is 1.55. The fourth-order valence-electron chi connectivity index (χ4n) is 5.10. The highest BCUT2D eigenvalue weighted by Crippen LogP contribution is 2.32. The second-order valence-corrected chi connectivity index (χ2v) is 11.3. The van der Waals surface area contributed by atoms with Crippen molar-refractivity contribution in [3.63, 3.8) is 0 Å². The second-order valence-electron chi connectivity index (χ2n) is 10.3. The smallest absolute Gasteiger partial charge is 0.350 e. The summed E-state index contributed by atoms with van der Waals surface area (Å²) in [5.74, 6) is -0.758. The van der Waals surface area contributed by atoms with Crippen molar-refractivity contribution in [1.82, 2.24) is 35.1 Å². The minimum Gasteiger partial charge on any atom is -0.350 e. The van der Waals surface area contributed by atoms with Crippen LogP contribution in [0.1, 0.15) is 37.6 Å². The molecule has 0 saturated carbocycles. The SMILES string of the molecule is CCN(CC)C(C)CNC(=O)c1cc(-c2cnn3ccc(-c4cccs4)nc23)nc(N2CC[C@H]2C(=O)NCC(F)(F)F)c1. The highest BCUT2D eigenvalue weighted by molar-refractivity contribution is 7.13. The van der Waals surface area contributed by atoms with Crippen LogP contribution >= 0.6 is 11.3 Å². The van der Waals surface area contributed by atoms with Crippen LogP contribution in [-0.4, -0.2) is 87.3 Å². The van der Waals surface area contributed by atoms with Gasteiger partial charge in [0.15, 0.2) is 5.65 Å². The fourth-order valence-corrected chi connectivity index (χ4v) is 5.80. The number of anilines is 1. The van der Waals surface area contributed by atoms with Crippen LogP contribution in [0.3, 0.4) is 0 Å². The molecule has 10 nitrogen and oxygen atoms in total. The van der Waals surface area contributed by atoms with Crippen LogP contribution in [0.25, 0.3) is 27.5 Å². The van der Waals surface area contributed by atoms with Gasteiger partial charge < -0.3 is 15.5 Å². The van der Waals surface area contributed by atoms with Crippen molar-refractivity contribution >= 4 is 34.6 Å². The maximum atomic E-state index is 13.4. The van der Waals surface area contributed by atoms with Gasteiger partial charge in [-0.05, 0) is 56.1 Å². The van der Waals surface area contributed by atoms with E-state index in [1.807, 2.05) is 35.8 Å². The minimum absolute atomic E-state index is 0.108. The molecule has 4 aromatic heterocycles. The molecule has 1 aliphatic heterocycles. The Bertz CT molecular complexity index is 1590. The zero-order chi connectivity index (χ0) is 30.7. The molecule has 4 aromatic rings. The van der Waals surface area contributed by atoms with Gasteiger partial charge in [-0.25, -0.2) is 14.5 Å². The number of halogens is 3. The van der Waals surface area contributed by atoms with Crippen molar-refractivity contribution in [3.8, 4) is 21.8 Å². The Morgan fingerprint density at radius 2 is 1.93 bits per heavy atom. The Balaban J connectivity index is 1.49. The zero-order valence-corrected chi connectivity index (χ0v) is 24.9. The molecule has 0 aliphatic carbocycles. The van der Waals surface area contributed by atoms with Crippen molar-refractivity contribution in [3.05, 3.63) is 53.7 Å². The number of thiophene rings is 1. The Morgan fingerprint density at radius 1 is 1.14 bits per heavy atom. The van der Waals surface area contributed by atoms with Gasteiger partial charge in [-0.2, -0.15) is 18.3 Å². The highest BCUT2D eigenvalue weighted by Gasteiger charge is 2.38. The number of pyridine rings is 1. The molecule has 43 heavy (non-hydrogen) atoms. The number of rotatable bonds is 11. The number of aromatic nitrogens is 4. The maximum absolute atomic E-state index is 13.4. The quantitative estimate of drug-likeness (QED) is 0.260. The van der Waals surface area contributed by atoms with Gasteiger partial charge in [0.1, 0.15) is 18.4 Å². The normalized spacial score (nSPS) is 15.9. The van der Waals surface area contributed by atoms with Crippen molar-refractivity contribution in [1.29, 1.82) is 0 Å². The number of nitrogens with one attached hydrogen (secondary N) is 2. The number of likely N-dealkylation sites (N-methyl/N-ethyl adjacent to an activating group) is 1. The van der Waals surface area contributed by atoms with Gasteiger partial charge in [0.2, 0.25) is 5.91 Å². The molecule has 0 bridgehead atoms. The molecule has 1 aliphatic rings. The summed E-state index contributed by atoms with van der Waals surface area (Å²) in [5.41, 5.74) is 2.57. The third kappa shape index (κ3) is 6.80.